The Bertz CT molecular complexity index is 779. The zero-order valence-electron chi connectivity index (χ0n) is 13.1. The number of amidine groups is 1. The number of rotatable bonds is 1. The summed E-state index contributed by atoms with van der Waals surface area (Å²) in [5.74, 6) is 0.663. The predicted molar refractivity (Wildman–Crippen MR) is 98.5 cm³/mol. The minimum absolute atomic E-state index is 0.154. The fraction of sp³-hybridized carbons (Fsp3) is 0.333. The summed E-state index contributed by atoms with van der Waals surface area (Å²) in [6.45, 7) is 2.43. The second-order valence-electron chi connectivity index (χ2n) is 6.05. The minimum atomic E-state index is -0.154. The van der Waals surface area contributed by atoms with Crippen LogP contribution < -0.4 is 4.74 Å². The van der Waals surface area contributed by atoms with Gasteiger partial charge in [0.1, 0.15) is 12.4 Å². The molecule has 1 fully saturated rings. The van der Waals surface area contributed by atoms with Gasteiger partial charge in [0.2, 0.25) is 0 Å². The molecule has 1 aromatic rings. The Labute approximate surface area is 150 Å². The normalized spacial score (nSPS) is 22.1. The van der Waals surface area contributed by atoms with Crippen molar-refractivity contribution in [1.82, 2.24) is 4.90 Å². The molecule has 0 bridgehead atoms. The van der Waals surface area contributed by atoms with Crippen molar-refractivity contribution in [2.75, 3.05) is 19.7 Å². The van der Waals surface area contributed by atoms with Gasteiger partial charge in [-0.25, -0.2) is 0 Å². The van der Waals surface area contributed by atoms with E-state index < -0.39 is 0 Å². The quantitative estimate of drug-likeness (QED) is 0.706. The number of benzene rings is 1. The highest BCUT2D eigenvalue weighted by Gasteiger charge is 2.27. The molecule has 0 aromatic heterocycles. The number of hydrogen-bond acceptors (Lipinski definition) is 4. The van der Waals surface area contributed by atoms with Crippen LogP contribution in [0.25, 0.3) is 6.08 Å². The number of thioether (sulfide) groups is 1. The number of likely N-dealkylation sites (tertiary alicyclic amines) is 1. The third kappa shape index (κ3) is 3.23. The van der Waals surface area contributed by atoms with Crippen LogP contribution in [0.5, 0.6) is 5.75 Å². The SMILES string of the molecule is O=C1N=C(N2CCCCC2)S/C1=C\C1=Cc2cc(Cl)ccc2OC1. The van der Waals surface area contributed by atoms with Crippen LogP contribution in [-0.4, -0.2) is 35.7 Å². The van der Waals surface area contributed by atoms with E-state index in [1.54, 1.807) is 0 Å². The molecule has 1 aromatic carbocycles. The summed E-state index contributed by atoms with van der Waals surface area (Å²) in [4.78, 5) is 19.3. The largest absolute Gasteiger partial charge is 0.488 e. The first-order valence-electron chi connectivity index (χ1n) is 8.09. The molecule has 1 saturated heterocycles. The Kier molecular flexibility index (Phi) is 4.37. The molecule has 1 amide bonds. The molecule has 0 unspecified atom stereocenters. The lowest BCUT2D eigenvalue weighted by molar-refractivity contribution is -0.113. The Morgan fingerprint density at radius 3 is 2.92 bits per heavy atom. The first-order valence-corrected chi connectivity index (χ1v) is 9.29. The smallest absolute Gasteiger partial charge is 0.286 e. The minimum Gasteiger partial charge on any atom is -0.488 e. The number of fused-ring (bicyclic) bond motifs is 1. The lowest BCUT2D eigenvalue weighted by atomic mass is 10.1. The molecule has 0 spiro atoms. The van der Waals surface area contributed by atoms with Crippen molar-refractivity contribution >= 4 is 40.5 Å². The van der Waals surface area contributed by atoms with Crippen LogP contribution in [0.3, 0.4) is 0 Å². The third-order valence-corrected chi connectivity index (χ3v) is 5.54. The van der Waals surface area contributed by atoms with Gasteiger partial charge in [-0.2, -0.15) is 4.99 Å². The van der Waals surface area contributed by atoms with E-state index in [1.165, 1.54) is 31.0 Å². The van der Waals surface area contributed by atoms with Gasteiger partial charge in [0.05, 0.1) is 4.91 Å². The van der Waals surface area contributed by atoms with E-state index in [0.29, 0.717) is 16.5 Å². The Morgan fingerprint density at radius 2 is 2.08 bits per heavy atom. The van der Waals surface area contributed by atoms with Crippen LogP contribution in [0.4, 0.5) is 0 Å². The Hall–Kier alpha value is -1.72. The monoisotopic (exact) mass is 360 g/mol. The lowest BCUT2D eigenvalue weighted by Gasteiger charge is -2.27. The molecule has 0 atom stereocenters. The Morgan fingerprint density at radius 1 is 1.25 bits per heavy atom. The standard InChI is InChI=1S/C18H17ClN2O2S/c19-14-4-5-15-13(10-14)8-12(11-23-15)9-16-17(22)20-18(24-16)21-6-2-1-3-7-21/h4-5,8-10H,1-3,6-7,11H2/b16-9-. The molecule has 24 heavy (non-hydrogen) atoms. The number of carbonyl (C=O) groups excluding carboxylic acids is 1. The van der Waals surface area contributed by atoms with Gasteiger partial charge in [-0.15, -0.1) is 0 Å². The summed E-state index contributed by atoms with van der Waals surface area (Å²) < 4.78 is 5.74. The summed E-state index contributed by atoms with van der Waals surface area (Å²) in [7, 11) is 0. The number of hydrogen-bond donors (Lipinski definition) is 0. The number of halogens is 1. The van der Waals surface area contributed by atoms with Crippen molar-refractivity contribution in [3.8, 4) is 5.75 Å². The van der Waals surface area contributed by atoms with E-state index in [2.05, 4.69) is 9.89 Å². The van der Waals surface area contributed by atoms with Crippen molar-refractivity contribution in [3.63, 3.8) is 0 Å². The molecule has 3 aliphatic rings. The summed E-state index contributed by atoms with van der Waals surface area (Å²) >= 11 is 7.51. The second kappa shape index (κ2) is 6.65. The van der Waals surface area contributed by atoms with Gasteiger partial charge in [-0.05, 0) is 66.9 Å². The highest BCUT2D eigenvalue weighted by molar-refractivity contribution is 8.18. The van der Waals surface area contributed by atoms with Crippen LogP contribution in [0.15, 0.2) is 39.7 Å². The predicted octanol–water partition coefficient (Wildman–Crippen LogP) is 4.12. The summed E-state index contributed by atoms with van der Waals surface area (Å²) in [5.41, 5.74) is 1.89. The van der Waals surface area contributed by atoms with Crippen molar-refractivity contribution in [1.29, 1.82) is 0 Å². The summed E-state index contributed by atoms with van der Waals surface area (Å²) in [6.07, 6.45) is 7.51. The average Bonchev–Trinajstić information content (AvgIpc) is 2.96. The fourth-order valence-electron chi connectivity index (χ4n) is 3.04. The van der Waals surface area contributed by atoms with Gasteiger partial charge in [-0.3, -0.25) is 4.79 Å². The van der Waals surface area contributed by atoms with Gasteiger partial charge >= 0.3 is 0 Å². The summed E-state index contributed by atoms with van der Waals surface area (Å²) in [5, 5.41) is 1.51. The lowest BCUT2D eigenvalue weighted by Crippen LogP contribution is -2.33. The first kappa shape index (κ1) is 15.8. The molecule has 124 valence electrons. The molecule has 4 nitrogen and oxygen atoms in total. The van der Waals surface area contributed by atoms with Gasteiger partial charge in [0, 0.05) is 23.7 Å². The molecule has 0 N–H and O–H groups in total. The first-order chi connectivity index (χ1) is 11.7. The van der Waals surface area contributed by atoms with E-state index in [4.69, 9.17) is 16.3 Å². The highest BCUT2D eigenvalue weighted by atomic mass is 35.5. The maximum Gasteiger partial charge on any atom is 0.286 e. The second-order valence-corrected chi connectivity index (χ2v) is 7.49. The average molecular weight is 361 g/mol. The molecule has 4 rings (SSSR count). The molecule has 0 aliphatic carbocycles. The van der Waals surface area contributed by atoms with Gasteiger partial charge in [0.25, 0.3) is 5.91 Å². The number of amides is 1. The van der Waals surface area contributed by atoms with Crippen LogP contribution in [0, 0.1) is 0 Å². The molecule has 3 aliphatic heterocycles. The number of carbonyl (C=O) groups is 1. The molecule has 3 heterocycles. The van der Waals surface area contributed by atoms with Gasteiger partial charge < -0.3 is 9.64 Å². The molecular weight excluding hydrogens is 344 g/mol. The van der Waals surface area contributed by atoms with Crippen LogP contribution in [-0.2, 0) is 4.79 Å². The van der Waals surface area contributed by atoms with Crippen molar-refractivity contribution in [3.05, 3.63) is 45.3 Å². The topological polar surface area (TPSA) is 41.9 Å². The molecule has 6 heteroatoms. The van der Waals surface area contributed by atoms with Gasteiger partial charge in [0.15, 0.2) is 5.17 Å². The van der Waals surface area contributed by atoms with E-state index in [0.717, 1.165) is 35.1 Å². The van der Waals surface area contributed by atoms with Crippen LogP contribution in [0.1, 0.15) is 24.8 Å². The molecule has 0 saturated carbocycles. The Balaban J connectivity index is 1.53. The molecular formula is C18H17ClN2O2S. The van der Waals surface area contributed by atoms with Crippen molar-refractivity contribution < 1.29 is 9.53 Å². The van der Waals surface area contributed by atoms with Crippen molar-refractivity contribution in [2.45, 2.75) is 19.3 Å². The zero-order chi connectivity index (χ0) is 16.5. The van der Waals surface area contributed by atoms with E-state index in [9.17, 15) is 4.79 Å². The third-order valence-electron chi connectivity index (χ3n) is 4.26. The van der Waals surface area contributed by atoms with E-state index >= 15 is 0 Å². The van der Waals surface area contributed by atoms with E-state index in [-0.39, 0.29) is 5.91 Å². The van der Waals surface area contributed by atoms with Crippen LogP contribution in [0.2, 0.25) is 5.02 Å². The highest BCUT2D eigenvalue weighted by Crippen LogP contribution is 2.33. The number of ether oxygens (including phenoxy) is 1. The fourth-order valence-corrected chi connectivity index (χ4v) is 4.20. The number of aliphatic imine (C=N–C) groups is 1. The zero-order valence-corrected chi connectivity index (χ0v) is 14.7. The van der Waals surface area contributed by atoms with Crippen LogP contribution >= 0.6 is 23.4 Å². The number of piperidine rings is 1. The number of nitrogens with zero attached hydrogens (tertiary/aromatic N) is 2. The maximum absolute atomic E-state index is 12.2. The molecule has 0 radical (unpaired) electrons. The summed E-state index contributed by atoms with van der Waals surface area (Å²) in [6, 6.07) is 5.55. The van der Waals surface area contributed by atoms with E-state index in [1.807, 2.05) is 30.4 Å². The maximum atomic E-state index is 12.2. The van der Waals surface area contributed by atoms with Gasteiger partial charge in [-0.1, -0.05) is 11.6 Å². The van der Waals surface area contributed by atoms with Crippen molar-refractivity contribution in [2.24, 2.45) is 4.99 Å².